The van der Waals surface area contributed by atoms with Crippen LogP contribution in [0.5, 0.6) is 0 Å². The molecule has 0 aromatic heterocycles. The lowest BCUT2D eigenvalue weighted by Crippen LogP contribution is -2.26. The summed E-state index contributed by atoms with van der Waals surface area (Å²) in [5.41, 5.74) is 0. The van der Waals surface area contributed by atoms with Gasteiger partial charge >= 0.3 is 0 Å². The molecule has 18 heavy (non-hydrogen) atoms. The molecule has 2 atom stereocenters. The van der Waals surface area contributed by atoms with Crippen molar-refractivity contribution in [2.45, 2.75) is 71.0 Å². The van der Waals surface area contributed by atoms with Crippen LogP contribution in [0.2, 0.25) is 0 Å². The zero-order valence-corrected chi connectivity index (χ0v) is 12.7. The first-order chi connectivity index (χ1) is 8.43. The van der Waals surface area contributed by atoms with E-state index in [1.54, 1.807) is 6.92 Å². The van der Waals surface area contributed by atoms with Gasteiger partial charge in [0, 0.05) is 0 Å². The average molecular weight is 276 g/mol. The zero-order valence-electron chi connectivity index (χ0n) is 11.9. The molecule has 3 nitrogen and oxygen atoms in total. The van der Waals surface area contributed by atoms with Crippen molar-refractivity contribution in [3.8, 4) is 0 Å². The first-order valence-electron chi connectivity index (χ1n) is 7.04. The molecule has 0 radical (unpaired) electrons. The molecule has 0 fully saturated rings. The summed E-state index contributed by atoms with van der Waals surface area (Å²) in [4.78, 5) is 0. The number of unbranched alkanes of at least 4 members (excludes halogenated alkanes) is 2. The lowest BCUT2D eigenvalue weighted by molar-refractivity contribution is 0.386. The predicted octanol–water partition coefficient (Wildman–Crippen LogP) is 4.21. The highest BCUT2D eigenvalue weighted by Crippen LogP contribution is 2.23. The third-order valence-electron chi connectivity index (χ3n) is 3.36. The Balaban J connectivity index is 4.13. The van der Waals surface area contributed by atoms with Gasteiger partial charge in [0.05, 0.1) is 5.25 Å². The molecule has 0 bridgehead atoms. The molecule has 4 heteroatoms. The van der Waals surface area contributed by atoms with Crippen LogP contribution in [-0.2, 0) is 10.1 Å². The lowest BCUT2D eigenvalue weighted by atomic mass is 9.94. The molecule has 108 valence electrons. The third-order valence-corrected chi connectivity index (χ3v) is 4.69. The van der Waals surface area contributed by atoms with E-state index in [-0.39, 0.29) is 5.92 Å². The Morgan fingerprint density at radius 1 is 1.06 bits per heavy atom. The summed E-state index contributed by atoms with van der Waals surface area (Å²) in [6.07, 6.45) is 11.3. The van der Waals surface area contributed by atoms with Crippen molar-refractivity contribution < 1.29 is 13.0 Å². The fraction of sp³-hybridized carbons (Fsp3) is 0.857. The molecule has 0 heterocycles. The van der Waals surface area contributed by atoms with Gasteiger partial charge in [-0.3, -0.25) is 4.55 Å². The monoisotopic (exact) mass is 276 g/mol. The van der Waals surface area contributed by atoms with Crippen molar-refractivity contribution in [3.63, 3.8) is 0 Å². The fourth-order valence-electron chi connectivity index (χ4n) is 2.13. The van der Waals surface area contributed by atoms with Gasteiger partial charge in [0.1, 0.15) is 0 Å². The lowest BCUT2D eigenvalue weighted by Gasteiger charge is -2.20. The maximum absolute atomic E-state index is 11.2. The topological polar surface area (TPSA) is 54.4 Å². The Morgan fingerprint density at radius 2 is 1.67 bits per heavy atom. The molecular weight excluding hydrogens is 248 g/mol. The van der Waals surface area contributed by atoms with E-state index in [0.29, 0.717) is 0 Å². The molecule has 0 saturated heterocycles. The Labute approximate surface area is 112 Å². The first kappa shape index (κ1) is 17.6. The van der Waals surface area contributed by atoms with E-state index in [1.165, 1.54) is 0 Å². The minimum Gasteiger partial charge on any atom is -0.285 e. The van der Waals surface area contributed by atoms with Crippen molar-refractivity contribution in [2.75, 3.05) is 0 Å². The van der Waals surface area contributed by atoms with Crippen LogP contribution < -0.4 is 0 Å². The highest BCUT2D eigenvalue weighted by molar-refractivity contribution is 7.86. The Kier molecular flexibility index (Phi) is 9.38. The van der Waals surface area contributed by atoms with E-state index in [0.717, 1.165) is 44.9 Å². The maximum atomic E-state index is 11.2. The van der Waals surface area contributed by atoms with Gasteiger partial charge < -0.3 is 0 Å². The summed E-state index contributed by atoms with van der Waals surface area (Å²) in [6, 6.07) is 0. The highest BCUT2D eigenvalue weighted by atomic mass is 32.2. The largest absolute Gasteiger partial charge is 0.285 e. The van der Waals surface area contributed by atoms with Crippen molar-refractivity contribution in [3.05, 3.63) is 12.2 Å². The standard InChI is InChI=1S/C14H28O3S/c1-4-6-7-8-9-10-12-14(11-5-2)13(3)18(15,16)17/h7-8,13-14H,4-6,9-12H2,1-3H3,(H,15,16,17)/b8-7+. The number of hydrogen-bond acceptors (Lipinski definition) is 2. The molecule has 0 spiro atoms. The molecular formula is C14H28O3S. The van der Waals surface area contributed by atoms with Crippen LogP contribution in [0.3, 0.4) is 0 Å². The van der Waals surface area contributed by atoms with Gasteiger partial charge in [0.2, 0.25) is 0 Å². The second-order valence-corrected chi connectivity index (χ2v) is 6.73. The van der Waals surface area contributed by atoms with Gasteiger partial charge in [0.25, 0.3) is 10.1 Å². The van der Waals surface area contributed by atoms with Crippen molar-refractivity contribution in [2.24, 2.45) is 5.92 Å². The summed E-state index contributed by atoms with van der Waals surface area (Å²) in [5.74, 6) is 0.0737. The maximum Gasteiger partial charge on any atom is 0.267 e. The second kappa shape index (κ2) is 9.56. The van der Waals surface area contributed by atoms with E-state index in [1.807, 2.05) is 6.92 Å². The molecule has 0 aliphatic carbocycles. The van der Waals surface area contributed by atoms with Gasteiger partial charge in [-0.1, -0.05) is 38.8 Å². The molecule has 0 aliphatic heterocycles. The molecule has 0 rings (SSSR count). The Morgan fingerprint density at radius 3 is 2.17 bits per heavy atom. The summed E-state index contributed by atoms with van der Waals surface area (Å²) in [5, 5.41) is -0.642. The minimum atomic E-state index is -3.89. The fourth-order valence-corrected chi connectivity index (χ4v) is 2.89. The Hall–Kier alpha value is -0.350. The van der Waals surface area contributed by atoms with E-state index in [4.69, 9.17) is 4.55 Å². The first-order valence-corrected chi connectivity index (χ1v) is 8.55. The summed E-state index contributed by atoms with van der Waals surface area (Å²) < 4.78 is 31.4. The van der Waals surface area contributed by atoms with Crippen LogP contribution in [0, 0.1) is 5.92 Å². The zero-order chi connectivity index (χ0) is 14.0. The molecule has 0 aromatic carbocycles. The van der Waals surface area contributed by atoms with Crippen molar-refractivity contribution in [1.82, 2.24) is 0 Å². The van der Waals surface area contributed by atoms with E-state index < -0.39 is 15.4 Å². The molecule has 0 aliphatic rings. The Bertz CT molecular complexity index is 320. The van der Waals surface area contributed by atoms with Crippen molar-refractivity contribution >= 4 is 10.1 Å². The minimum absolute atomic E-state index is 0.0737. The van der Waals surface area contributed by atoms with Crippen LogP contribution >= 0.6 is 0 Å². The van der Waals surface area contributed by atoms with Crippen LogP contribution in [0.1, 0.15) is 65.7 Å². The normalized spacial score (nSPS) is 16.0. The molecule has 1 N–H and O–H groups in total. The van der Waals surface area contributed by atoms with Crippen LogP contribution in [0.15, 0.2) is 12.2 Å². The molecule has 0 amide bonds. The SMILES string of the molecule is CCC/C=C/CCCC(CCC)C(C)S(=O)(=O)O. The predicted molar refractivity (Wildman–Crippen MR) is 77.3 cm³/mol. The average Bonchev–Trinajstić information content (AvgIpc) is 2.30. The quantitative estimate of drug-likeness (QED) is 0.369. The second-order valence-electron chi connectivity index (χ2n) is 4.96. The molecule has 0 saturated carbocycles. The molecule has 2 unspecified atom stereocenters. The van der Waals surface area contributed by atoms with Crippen LogP contribution in [0.25, 0.3) is 0 Å². The number of allylic oxidation sites excluding steroid dienone is 2. The van der Waals surface area contributed by atoms with Crippen molar-refractivity contribution in [1.29, 1.82) is 0 Å². The van der Waals surface area contributed by atoms with Crippen LogP contribution in [-0.4, -0.2) is 18.2 Å². The van der Waals surface area contributed by atoms with Gasteiger partial charge in [-0.2, -0.15) is 8.42 Å². The third kappa shape index (κ3) is 7.88. The summed E-state index contributed by atoms with van der Waals surface area (Å²) in [7, 11) is -3.89. The smallest absolute Gasteiger partial charge is 0.267 e. The van der Waals surface area contributed by atoms with Gasteiger partial charge in [-0.15, -0.1) is 0 Å². The highest BCUT2D eigenvalue weighted by Gasteiger charge is 2.26. The summed E-state index contributed by atoms with van der Waals surface area (Å²) >= 11 is 0. The van der Waals surface area contributed by atoms with Crippen LogP contribution in [0.4, 0.5) is 0 Å². The van der Waals surface area contributed by atoms with Gasteiger partial charge in [-0.25, -0.2) is 0 Å². The van der Waals surface area contributed by atoms with Gasteiger partial charge in [0.15, 0.2) is 0 Å². The number of hydrogen-bond donors (Lipinski definition) is 1. The number of rotatable bonds is 10. The van der Waals surface area contributed by atoms with E-state index in [2.05, 4.69) is 19.1 Å². The van der Waals surface area contributed by atoms with E-state index in [9.17, 15) is 8.42 Å². The van der Waals surface area contributed by atoms with Gasteiger partial charge in [-0.05, 0) is 44.9 Å². The van der Waals surface area contributed by atoms with E-state index >= 15 is 0 Å². The summed E-state index contributed by atoms with van der Waals surface area (Å²) in [6.45, 7) is 5.81. The molecule has 0 aromatic rings.